The molecule has 10 heteroatoms. The smallest absolute Gasteiger partial charge is 0.176 e. The summed E-state index contributed by atoms with van der Waals surface area (Å²) in [6.07, 6.45) is 1.42. The zero-order valence-corrected chi connectivity index (χ0v) is 16.9. The number of hydrogen-bond donors (Lipinski definition) is 2. The molecule has 3 heterocycles. The Labute approximate surface area is 168 Å². The summed E-state index contributed by atoms with van der Waals surface area (Å²) in [7, 11) is 0. The number of hydrogen-bond acceptors (Lipinski definition) is 6. The fourth-order valence-corrected chi connectivity index (χ4v) is 4.27. The molecule has 3 aromatic rings. The largest absolute Gasteiger partial charge is 0.394 e. The first-order chi connectivity index (χ1) is 12.4. The number of nitrogens with zero attached hydrogens (tertiary/aromatic N) is 4. The van der Waals surface area contributed by atoms with Crippen LogP contribution >= 0.6 is 46.1 Å². The van der Waals surface area contributed by atoms with Gasteiger partial charge in [-0.2, -0.15) is 14.9 Å². The van der Waals surface area contributed by atoms with Crippen LogP contribution in [0.5, 0.6) is 0 Å². The van der Waals surface area contributed by atoms with Crippen LogP contribution in [0.25, 0.3) is 16.8 Å². The van der Waals surface area contributed by atoms with Crippen LogP contribution in [0.15, 0.2) is 12.3 Å². The van der Waals surface area contributed by atoms with Gasteiger partial charge in [-0.1, -0.05) is 48.7 Å². The average Bonchev–Trinajstić information content (AvgIpc) is 3.14. The van der Waals surface area contributed by atoms with E-state index in [0.717, 1.165) is 0 Å². The van der Waals surface area contributed by atoms with Gasteiger partial charge in [0, 0.05) is 5.56 Å². The van der Waals surface area contributed by atoms with Crippen LogP contribution in [0, 0.1) is 17.2 Å². The zero-order chi connectivity index (χ0) is 19.0. The molecule has 26 heavy (non-hydrogen) atoms. The van der Waals surface area contributed by atoms with Gasteiger partial charge < -0.3 is 10.4 Å². The number of halogens is 3. The van der Waals surface area contributed by atoms with Crippen LogP contribution in [0.2, 0.25) is 13.8 Å². The molecule has 0 aromatic carbocycles. The van der Waals surface area contributed by atoms with Crippen molar-refractivity contribution in [3.63, 3.8) is 0 Å². The lowest BCUT2D eigenvalue weighted by Crippen LogP contribution is -2.31. The molecular formula is C16H14Cl3N5OS. The van der Waals surface area contributed by atoms with Crippen molar-refractivity contribution in [2.75, 3.05) is 11.9 Å². The lowest BCUT2D eigenvalue weighted by atomic mass is 10.0. The highest BCUT2D eigenvalue weighted by Crippen LogP contribution is 2.44. The van der Waals surface area contributed by atoms with Crippen molar-refractivity contribution in [3.8, 4) is 17.2 Å². The molecule has 2 N–H and O–H groups in total. The summed E-state index contributed by atoms with van der Waals surface area (Å²) in [5.74, 6) is 0.619. The molecule has 0 saturated carbocycles. The van der Waals surface area contributed by atoms with Crippen molar-refractivity contribution in [2.45, 2.75) is 19.9 Å². The van der Waals surface area contributed by atoms with E-state index in [2.05, 4.69) is 15.4 Å². The first-order valence-electron chi connectivity index (χ1n) is 7.67. The Bertz CT molecular complexity index is 1010. The molecule has 0 saturated heterocycles. The molecule has 1 atom stereocenters. The maximum atomic E-state index is 9.73. The third-order valence-corrected chi connectivity index (χ3v) is 5.73. The van der Waals surface area contributed by atoms with E-state index in [1.54, 1.807) is 6.07 Å². The van der Waals surface area contributed by atoms with Crippen molar-refractivity contribution in [1.29, 1.82) is 5.26 Å². The van der Waals surface area contributed by atoms with Crippen molar-refractivity contribution in [2.24, 2.45) is 5.92 Å². The van der Waals surface area contributed by atoms with Gasteiger partial charge >= 0.3 is 0 Å². The SMILES string of the molecule is CC(C)[C@@H](CO)Nc1c(-c2cc(Cl)sc2Cl)c(Cl)nc2c(C#N)cnn12. The molecule has 0 aliphatic heterocycles. The van der Waals surface area contributed by atoms with Gasteiger partial charge in [-0.3, -0.25) is 0 Å². The third-order valence-electron chi connectivity index (χ3n) is 3.97. The molecule has 0 fully saturated rings. The number of aliphatic hydroxyl groups is 1. The highest BCUT2D eigenvalue weighted by Gasteiger charge is 2.24. The molecule has 136 valence electrons. The van der Waals surface area contributed by atoms with Gasteiger partial charge in [-0.25, -0.2) is 4.98 Å². The van der Waals surface area contributed by atoms with Gasteiger partial charge in [-0.05, 0) is 12.0 Å². The fraction of sp³-hybridized carbons (Fsp3) is 0.312. The van der Waals surface area contributed by atoms with Gasteiger partial charge in [0.15, 0.2) is 5.65 Å². The monoisotopic (exact) mass is 429 g/mol. The summed E-state index contributed by atoms with van der Waals surface area (Å²) < 4.78 is 2.46. The van der Waals surface area contributed by atoms with Crippen LogP contribution in [0.3, 0.4) is 0 Å². The predicted molar refractivity (Wildman–Crippen MR) is 105 cm³/mol. The lowest BCUT2D eigenvalue weighted by molar-refractivity contribution is 0.249. The number of rotatable bonds is 5. The van der Waals surface area contributed by atoms with E-state index < -0.39 is 0 Å². The second-order valence-corrected chi connectivity index (χ2v) is 8.59. The molecule has 0 aliphatic carbocycles. The Morgan fingerprint density at radius 2 is 2.12 bits per heavy atom. The van der Waals surface area contributed by atoms with Crippen LogP contribution < -0.4 is 5.32 Å². The minimum absolute atomic E-state index is 0.0942. The molecule has 0 aliphatic rings. The van der Waals surface area contributed by atoms with E-state index in [1.807, 2.05) is 19.9 Å². The number of thiophene rings is 1. The minimum atomic E-state index is -0.266. The quantitative estimate of drug-likeness (QED) is 0.572. The Morgan fingerprint density at radius 1 is 1.38 bits per heavy atom. The molecule has 0 bridgehead atoms. The maximum Gasteiger partial charge on any atom is 0.176 e. The van der Waals surface area contributed by atoms with Crippen LogP contribution in [0.1, 0.15) is 19.4 Å². The molecule has 0 amide bonds. The van der Waals surface area contributed by atoms with E-state index in [4.69, 9.17) is 34.8 Å². The van der Waals surface area contributed by atoms with Crippen LogP contribution in [-0.4, -0.2) is 32.4 Å². The summed E-state index contributed by atoms with van der Waals surface area (Å²) >= 11 is 20.1. The highest BCUT2D eigenvalue weighted by molar-refractivity contribution is 7.20. The average molecular weight is 431 g/mol. The third kappa shape index (κ3) is 3.36. The van der Waals surface area contributed by atoms with Gasteiger partial charge in [-0.15, -0.1) is 11.3 Å². The van der Waals surface area contributed by atoms with Gasteiger partial charge in [0.05, 0.1) is 28.7 Å². The van der Waals surface area contributed by atoms with Gasteiger partial charge in [0.2, 0.25) is 0 Å². The number of aromatic nitrogens is 3. The van der Waals surface area contributed by atoms with Crippen LogP contribution in [-0.2, 0) is 0 Å². The molecule has 0 unspecified atom stereocenters. The Balaban J connectivity index is 2.32. The van der Waals surface area contributed by atoms with Crippen molar-refractivity contribution in [3.05, 3.63) is 31.7 Å². The van der Waals surface area contributed by atoms with Crippen molar-refractivity contribution < 1.29 is 5.11 Å². The summed E-state index contributed by atoms with van der Waals surface area (Å²) in [4.78, 5) is 4.32. The number of nitriles is 1. The van der Waals surface area contributed by atoms with Gasteiger partial charge in [0.25, 0.3) is 0 Å². The van der Waals surface area contributed by atoms with Crippen molar-refractivity contribution >= 4 is 57.6 Å². The van der Waals surface area contributed by atoms with E-state index in [-0.39, 0.29) is 23.7 Å². The molecular weight excluding hydrogens is 417 g/mol. The minimum Gasteiger partial charge on any atom is -0.394 e. The Hall–Kier alpha value is -1.56. The van der Waals surface area contributed by atoms with E-state index in [1.165, 1.54) is 22.0 Å². The molecule has 0 radical (unpaired) electrons. The predicted octanol–water partition coefficient (Wildman–Crippen LogP) is 4.72. The normalized spacial score (nSPS) is 12.5. The van der Waals surface area contributed by atoms with E-state index >= 15 is 0 Å². The number of aliphatic hydroxyl groups excluding tert-OH is 1. The Kier molecular flexibility index (Phi) is 5.61. The number of fused-ring (bicyclic) bond motifs is 1. The first kappa shape index (κ1) is 19.2. The molecule has 0 spiro atoms. The van der Waals surface area contributed by atoms with E-state index in [9.17, 15) is 10.4 Å². The van der Waals surface area contributed by atoms with Gasteiger partial charge in [0.1, 0.15) is 26.9 Å². The van der Waals surface area contributed by atoms with Crippen molar-refractivity contribution in [1.82, 2.24) is 14.6 Å². The zero-order valence-electron chi connectivity index (χ0n) is 13.8. The fourth-order valence-electron chi connectivity index (χ4n) is 2.53. The maximum absolute atomic E-state index is 9.73. The summed E-state index contributed by atoms with van der Waals surface area (Å²) in [5.41, 5.74) is 1.74. The molecule has 6 nitrogen and oxygen atoms in total. The second-order valence-electron chi connectivity index (χ2n) is 5.95. The molecule has 3 aromatic heterocycles. The lowest BCUT2D eigenvalue weighted by Gasteiger charge is -2.23. The second kappa shape index (κ2) is 7.59. The summed E-state index contributed by atoms with van der Waals surface area (Å²) in [6, 6.07) is 3.48. The molecule has 3 rings (SSSR count). The summed E-state index contributed by atoms with van der Waals surface area (Å²) in [5, 5.41) is 26.7. The standard InChI is InChI=1S/C16H14Cl3N5OS/c1-7(2)10(6-25)22-16-12(9-3-11(17)26-14(9)19)13(18)23-15-8(4-20)5-21-24(15)16/h3,5,7,10,22,25H,6H2,1-2H3/t10-/m1/s1. The Morgan fingerprint density at radius 3 is 2.65 bits per heavy atom. The topological polar surface area (TPSA) is 86.2 Å². The highest BCUT2D eigenvalue weighted by atomic mass is 35.5. The summed E-state index contributed by atoms with van der Waals surface area (Å²) in [6.45, 7) is 3.86. The van der Waals surface area contributed by atoms with E-state index in [0.29, 0.717) is 36.8 Å². The number of nitrogens with one attached hydrogen (secondary N) is 1. The number of anilines is 1. The first-order valence-corrected chi connectivity index (χ1v) is 9.62. The van der Waals surface area contributed by atoms with Crippen LogP contribution in [0.4, 0.5) is 5.82 Å².